The average molecular weight is 309 g/mol. The number of hydrogen-bond acceptors (Lipinski definition) is 3. The number of nitrogens with zero attached hydrogens (tertiary/aromatic N) is 2. The lowest BCUT2D eigenvalue weighted by Gasteiger charge is -2.10. The van der Waals surface area contributed by atoms with E-state index in [0.29, 0.717) is 11.4 Å². The number of halogens is 1. The van der Waals surface area contributed by atoms with E-state index in [4.69, 9.17) is 16.7 Å². The van der Waals surface area contributed by atoms with Crippen molar-refractivity contribution in [2.45, 2.75) is 6.92 Å². The van der Waals surface area contributed by atoms with Gasteiger partial charge < -0.3 is 15.7 Å². The maximum Gasteiger partial charge on any atom is 0.339 e. The van der Waals surface area contributed by atoms with Crippen LogP contribution in [0, 0.1) is 6.92 Å². The van der Waals surface area contributed by atoms with Crippen molar-refractivity contribution >= 4 is 35.0 Å². The Labute approximate surface area is 125 Å². The quantitative estimate of drug-likeness (QED) is 0.812. The fourth-order valence-electron chi connectivity index (χ4n) is 1.84. The molecule has 0 fully saturated rings. The SMILES string of the molecule is Cc1nn(C)cc1NC(=O)Nc1cccc(Cl)c1C(=O)O. The van der Waals surface area contributed by atoms with Gasteiger partial charge in [0.1, 0.15) is 5.56 Å². The van der Waals surface area contributed by atoms with Crippen molar-refractivity contribution in [2.75, 3.05) is 10.6 Å². The molecule has 0 aliphatic heterocycles. The zero-order valence-electron chi connectivity index (χ0n) is 11.3. The van der Waals surface area contributed by atoms with Gasteiger partial charge in [-0.1, -0.05) is 17.7 Å². The molecule has 3 N–H and O–H groups in total. The van der Waals surface area contributed by atoms with Crippen LogP contribution < -0.4 is 10.6 Å². The molecule has 0 aliphatic rings. The maximum absolute atomic E-state index is 11.9. The van der Waals surface area contributed by atoms with Gasteiger partial charge in [0.25, 0.3) is 0 Å². The van der Waals surface area contributed by atoms with Gasteiger partial charge >= 0.3 is 12.0 Å². The minimum atomic E-state index is -1.21. The predicted octanol–water partition coefficient (Wildman–Crippen LogP) is 2.72. The van der Waals surface area contributed by atoms with Gasteiger partial charge in [0, 0.05) is 13.2 Å². The van der Waals surface area contributed by atoms with E-state index < -0.39 is 12.0 Å². The lowest BCUT2D eigenvalue weighted by atomic mass is 10.2. The fourth-order valence-corrected chi connectivity index (χ4v) is 2.10. The summed E-state index contributed by atoms with van der Waals surface area (Å²) in [6.07, 6.45) is 1.64. The first-order chi connectivity index (χ1) is 9.88. The Morgan fingerprint density at radius 3 is 2.52 bits per heavy atom. The first-order valence-corrected chi connectivity index (χ1v) is 6.36. The molecule has 0 aliphatic carbocycles. The van der Waals surface area contributed by atoms with E-state index in [2.05, 4.69) is 15.7 Å². The molecule has 2 amide bonds. The van der Waals surface area contributed by atoms with Crippen molar-refractivity contribution < 1.29 is 14.7 Å². The van der Waals surface area contributed by atoms with E-state index in [9.17, 15) is 9.59 Å². The van der Waals surface area contributed by atoms with E-state index >= 15 is 0 Å². The highest BCUT2D eigenvalue weighted by Crippen LogP contribution is 2.24. The van der Waals surface area contributed by atoms with Crippen molar-refractivity contribution in [3.05, 3.63) is 40.7 Å². The predicted molar refractivity (Wildman–Crippen MR) is 79.0 cm³/mol. The van der Waals surface area contributed by atoms with Gasteiger partial charge in [-0.25, -0.2) is 9.59 Å². The topological polar surface area (TPSA) is 96.3 Å². The summed E-state index contributed by atoms with van der Waals surface area (Å²) in [5.41, 5.74) is 1.15. The molecule has 0 saturated heterocycles. The molecule has 0 spiro atoms. The number of amides is 2. The number of aryl methyl sites for hydroxylation is 2. The molecule has 0 radical (unpaired) electrons. The van der Waals surface area contributed by atoms with Crippen molar-refractivity contribution in [1.29, 1.82) is 0 Å². The molecule has 7 nitrogen and oxygen atoms in total. The van der Waals surface area contributed by atoms with Gasteiger partial charge in [-0.15, -0.1) is 0 Å². The number of rotatable bonds is 3. The van der Waals surface area contributed by atoms with Crippen LogP contribution in [0.1, 0.15) is 16.1 Å². The summed E-state index contributed by atoms with van der Waals surface area (Å²) in [6.45, 7) is 1.75. The third-order valence-electron chi connectivity index (χ3n) is 2.74. The molecular weight excluding hydrogens is 296 g/mol. The second kappa shape index (κ2) is 5.84. The van der Waals surface area contributed by atoms with Crippen LogP contribution in [0.4, 0.5) is 16.2 Å². The number of anilines is 2. The molecular formula is C13H13ClN4O3. The van der Waals surface area contributed by atoms with Crippen LogP contribution in [0.3, 0.4) is 0 Å². The van der Waals surface area contributed by atoms with Crippen molar-refractivity contribution in [1.82, 2.24) is 9.78 Å². The summed E-state index contributed by atoms with van der Waals surface area (Å²) in [5.74, 6) is -1.21. The van der Waals surface area contributed by atoms with Crippen LogP contribution in [0.15, 0.2) is 24.4 Å². The van der Waals surface area contributed by atoms with Crippen LogP contribution in [-0.4, -0.2) is 26.9 Å². The summed E-state index contributed by atoms with van der Waals surface area (Å²) < 4.78 is 1.56. The molecule has 0 bridgehead atoms. The zero-order chi connectivity index (χ0) is 15.6. The summed E-state index contributed by atoms with van der Waals surface area (Å²) in [4.78, 5) is 23.1. The lowest BCUT2D eigenvalue weighted by Crippen LogP contribution is -2.21. The molecule has 0 unspecified atom stereocenters. The molecule has 2 rings (SSSR count). The highest BCUT2D eigenvalue weighted by Gasteiger charge is 2.16. The maximum atomic E-state index is 11.9. The van der Waals surface area contributed by atoms with Crippen LogP contribution in [-0.2, 0) is 7.05 Å². The van der Waals surface area contributed by atoms with Crippen molar-refractivity contribution in [3.8, 4) is 0 Å². The number of aromatic nitrogens is 2. The summed E-state index contributed by atoms with van der Waals surface area (Å²) in [7, 11) is 1.73. The largest absolute Gasteiger partial charge is 0.478 e. The number of benzene rings is 1. The third-order valence-corrected chi connectivity index (χ3v) is 3.05. The second-order valence-corrected chi connectivity index (χ2v) is 4.76. The molecule has 8 heteroatoms. The number of carboxylic acid groups (broad SMARTS) is 1. The summed E-state index contributed by atoms with van der Waals surface area (Å²) in [6, 6.07) is 3.89. The van der Waals surface area contributed by atoms with Crippen LogP contribution in [0.25, 0.3) is 0 Å². The van der Waals surface area contributed by atoms with Crippen LogP contribution in [0.5, 0.6) is 0 Å². The van der Waals surface area contributed by atoms with E-state index in [0.717, 1.165) is 0 Å². The fraction of sp³-hybridized carbons (Fsp3) is 0.154. The standard InChI is InChI=1S/C13H13ClN4O3/c1-7-10(6-18(2)17-7)16-13(21)15-9-5-3-4-8(14)11(9)12(19)20/h3-6H,1-2H3,(H,19,20)(H2,15,16,21). The first-order valence-electron chi connectivity index (χ1n) is 5.98. The first kappa shape index (κ1) is 14.9. The Kier molecular flexibility index (Phi) is 4.13. The van der Waals surface area contributed by atoms with E-state index in [1.54, 1.807) is 30.9 Å². The van der Waals surface area contributed by atoms with Gasteiger partial charge in [-0.2, -0.15) is 5.10 Å². The molecule has 0 atom stereocenters. The number of carbonyl (C=O) groups is 2. The molecule has 0 saturated carbocycles. The number of nitrogens with one attached hydrogen (secondary N) is 2. The normalized spacial score (nSPS) is 10.2. The van der Waals surface area contributed by atoms with Crippen LogP contribution >= 0.6 is 11.6 Å². The van der Waals surface area contributed by atoms with Gasteiger partial charge in [-0.3, -0.25) is 4.68 Å². The minimum absolute atomic E-state index is 0.0536. The molecule has 1 heterocycles. The zero-order valence-corrected chi connectivity index (χ0v) is 12.1. The molecule has 1 aromatic carbocycles. The Hall–Kier alpha value is -2.54. The summed E-state index contributed by atoms with van der Waals surface area (Å²) >= 11 is 5.83. The Bertz CT molecular complexity index is 711. The van der Waals surface area contributed by atoms with E-state index in [1.165, 1.54) is 12.1 Å². The Morgan fingerprint density at radius 1 is 1.29 bits per heavy atom. The smallest absolute Gasteiger partial charge is 0.339 e. The molecule has 2 aromatic rings. The molecule has 21 heavy (non-hydrogen) atoms. The average Bonchev–Trinajstić information content (AvgIpc) is 2.67. The number of urea groups is 1. The molecule has 110 valence electrons. The Morgan fingerprint density at radius 2 is 1.95 bits per heavy atom. The number of hydrogen-bond donors (Lipinski definition) is 3. The van der Waals surface area contributed by atoms with Crippen LogP contribution in [0.2, 0.25) is 5.02 Å². The van der Waals surface area contributed by atoms with E-state index in [1.807, 2.05) is 0 Å². The van der Waals surface area contributed by atoms with Gasteiger partial charge in [0.05, 0.1) is 22.1 Å². The lowest BCUT2D eigenvalue weighted by molar-refractivity contribution is 0.0698. The monoisotopic (exact) mass is 308 g/mol. The number of carboxylic acids is 1. The minimum Gasteiger partial charge on any atom is -0.478 e. The van der Waals surface area contributed by atoms with Gasteiger partial charge in [0.2, 0.25) is 0 Å². The molecule has 1 aromatic heterocycles. The van der Waals surface area contributed by atoms with Gasteiger partial charge in [-0.05, 0) is 19.1 Å². The second-order valence-electron chi connectivity index (χ2n) is 4.35. The van der Waals surface area contributed by atoms with Crippen molar-refractivity contribution in [3.63, 3.8) is 0 Å². The highest BCUT2D eigenvalue weighted by atomic mass is 35.5. The number of aromatic carboxylic acids is 1. The van der Waals surface area contributed by atoms with Gasteiger partial charge in [0.15, 0.2) is 0 Å². The summed E-state index contributed by atoms with van der Waals surface area (Å²) in [5, 5.41) is 18.3. The van der Waals surface area contributed by atoms with Crippen molar-refractivity contribution in [2.24, 2.45) is 7.05 Å². The van der Waals surface area contributed by atoms with E-state index in [-0.39, 0.29) is 16.3 Å². The third kappa shape index (κ3) is 3.32. The number of carbonyl (C=O) groups excluding carboxylic acids is 1. The highest BCUT2D eigenvalue weighted by molar-refractivity contribution is 6.34. The Balaban J connectivity index is 2.19.